The summed E-state index contributed by atoms with van der Waals surface area (Å²) in [6, 6.07) is 10.5. The zero-order valence-electron chi connectivity index (χ0n) is 11.2. The Hall–Kier alpha value is -1.65. The first-order chi connectivity index (χ1) is 9.81. The van der Waals surface area contributed by atoms with Gasteiger partial charge in [-0.1, -0.05) is 36.4 Å². The van der Waals surface area contributed by atoms with Crippen LogP contribution in [0.1, 0.15) is 4.88 Å². The number of aryl methyl sites for hydroxylation is 1. The van der Waals surface area contributed by atoms with Gasteiger partial charge in [-0.25, -0.2) is 9.97 Å². The molecule has 0 saturated heterocycles. The van der Waals surface area contributed by atoms with E-state index in [2.05, 4.69) is 47.7 Å². The third-order valence-electron chi connectivity index (χ3n) is 3.03. The maximum atomic E-state index is 4.45. The number of hydrogen-bond donors (Lipinski definition) is 0. The van der Waals surface area contributed by atoms with E-state index >= 15 is 0 Å². The van der Waals surface area contributed by atoms with Gasteiger partial charge in [0.2, 0.25) is 0 Å². The lowest BCUT2D eigenvalue weighted by Crippen LogP contribution is -1.86. The Kier molecular flexibility index (Phi) is 3.85. The van der Waals surface area contributed by atoms with E-state index in [0.29, 0.717) is 0 Å². The molecule has 2 aromatic heterocycles. The maximum absolute atomic E-state index is 4.45. The molecule has 0 saturated carbocycles. The summed E-state index contributed by atoms with van der Waals surface area (Å²) in [7, 11) is 0. The summed E-state index contributed by atoms with van der Waals surface area (Å²) in [5.41, 5.74) is 2.49. The maximum Gasteiger partial charge on any atom is 0.128 e. The lowest BCUT2D eigenvalue weighted by molar-refractivity contribution is 1.11. The van der Waals surface area contributed by atoms with Crippen molar-refractivity contribution in [1.82, 2.24) is 9.97 Å². The van der Waals surface area contributed by atoms with Gasteiger partial charge in [0.25, 0.3) is 0 Å². The highest BCUT2D eigenvalue weighted by molar-refractivity contribution is 7.99. The van der Waals surface area contributed by atoms with Gasteiger partial charge in [0.15, 0.2) is 0 Å². The lowest BCUT2D eigenvalue weighted by Gasteiger charge is -2.05. The molecule has 1 aromatic carbocycles. The Morgan fingerprint density at radius 2 is 2.05 bits per heavy atom. The lowest BCUT2D eigenvalue weighted by atomic mass is 10.0. The van der Waals surface area contributed by atoms with Crippen molar-refractivity contribution in [2.45, 2.75) is 11.9 Å². The molecule has 3 rings (SSSR count). The number of thioether (sulfide) groups is 1. The molecule has 0 fully saturated rings. The van der Waals surface area contributed by atoms with Gasteiger partial charge in [0.1, 0.15) is 16.2 Å². The standard InChI is InChI=1S/C16H14N2S2/c1-3-9-19-15-14-13(12-7-5-4-6-8-12)11(2)20-16(14)18-10-17-15/h3-8,10H,1,9H2,2H3. The SMILES string of the molecule is C=CCSc1ncnc2sc(C)c(-c3ccccc3)c12. The molecule has 4 heteroatoms. The molecule has 20 heavy (non-hydrogen) atoms. The van der Waals surface area contributed by atoms with Gasteiger partial charge in [0, 0.05) is 16.2 Å². The normalized spacial score (nSPS) is 10.8. The van der Waals surface area contributed by atoms with Gasteiger partial charge < -0.3 is 0 Å². The third-order valence-corrected chi connectivity index (χ3v) is 5.03. The topological polar surface area (TPSA) is 25.8 Å². The Labute approximate surface area is 126 Å². The summed E-state index contributed by atoms with van der Waals surface area (Å²) < 4.78 is 0. The fourth-order valence-electron chi connectivity index (χ4n) is 2.22. The van der Waals surface area contributed by atoms with Crippen LogP contribution in [0.5, 0.6) is 0 Å². The molecule has 0 radical (unpaired) electrons. The summed E-state index contributed by atoms with van der Waals surface area (Å²) in [6.07, 6.45) is 3.55. The van der Waals surface area contributed by atoms with Crippen molar-refractivity contribution in [2.75, 3.05) is 5.75 Å². The van der Waals surface area contributed by atoms with Crippen molar-refractivity contribution in [1.29, 1.82) is 0 Å². The van der Waals surface area contributed by atoms with Gasteiger partial charge in [-0.05, 0) is 12.5 Å². The fraction of sp³-hybridized carbons (Fsp3) is 0.125. The first-order valence-electron chi connectivity index (χ1n) is 6.34. The number of rotatable bonds is 4. The van der Waals surface area contributed by atoms with Crippen LogP contribution in [0.2, 0.25) is 0 Å². The molecule has 0 spiro atoms. The van der Waals surface area contributed by atoms with Crippen LogP contribution < -0.4 is 0 Å². The molecule has 0 aliphatic rings. The van der Waals surface area contributed by atoms with Crippen molar-refractivity contribution in [2.24, 2.45) is 0 Å². The van der Waals surface area contributed by atoms with Gasteiger partial charge in [-0.2, -0.15) is 0 Å². The predicted molar refractivity (Wildman–Crippen MR) is 88.5 cm³/mol. The summed E-state index contributed by atoms with van der Waals surface area (Å²) in [5, 5.41) is 2.21. The summed E-state index contributed by atoms with van der Waals surface area (Å²) in [4.78, 5) is 11.2. The first kappa shape index (κ1) is 13.3. The van der Waals surface area contributed by atoms with Crippen LogP contribution in [-0.2, 0) is 0 Å². The van der Waals surface area contributed by atoms with Crippen LogP contribution >= 0.6 is 23.1 Å². The van der Waals surface area contributed by atoms with E-state index in [-0.39, 0.29) is 0 Å². The number of nitrogens with zero attached hydrogens (tertiary/aromatic N) is 2. The molecule has 3 aromatic rings. The summed E-state index contributed by atoms with van der Waals surface area (Å²) >= 11 is 3.44. The zero-order valence-corrected chi connectivity index (χ0v) is 12.8. The van der Waals surface area contributed by atoms with Crippen molar-refractivity contribution in [3.8, 4) is 11.1 Å². The number of thiophene rings is 1. The van der Waals surface area contributed by atoms with Gasteiger partial charge in [0.05, 0.1) is 5.39 Å². The van der Waals surface area contributed by atoms with Crippen molar-refractivity contribution < 1.29 is 0 Å². The Morgan fingerprint density at radius 3 is 2.80 bits per heavy atom. The van der Waals surface area contributed by atoms with E-state index in [1.54, 1.807) is 29.4 Å². The molecule has 0 bridgehead atoms. The summed E-state index contributed by atoms with van der Waals surface area (Å²) in [6.45, 7) is 5.93. The fourth-order valence-corrected chi connectivity index (χ4v) is 4.04. The van der Waals surface area contributed by atoms with Crippen LogP contribution in [0.15, 0.2) is 54.3 Å². The second kappa shape index (κ2) is 5.77. The molecular formula is C16H14N2S2. The van der Waals surface area contributed by atoms with E-state index in [9.17, 15) is 0 Å². The molecule has 2 nitrogen and oxygen atoms in total. The zero-order chi connectivity index (χ0) is 13.9. The van der Waals surface area contributed by atoms with Gasteiger partial charge in [-0.3, -0.25) is 0 Å². The van der Waals surface area contributed by atoms with Crippen molar-refractivity contribution in [3.05, 3.63) is 54.2 Å². The minimum Gasteiger partial charge on any atom is -0.229 e. The van der Waals surface area contributed by atoms with Crippen LogP contribution in [-0.4, -0.2) is 15.7 Å². The Bertz CT molecular complexity index is 748. The van der Waals surface area contributed by atoms with Crippen LogP contribution in [0.25, 0.3) is 21.3 Å². The summed E-state index contributed by atoms with van der Waals surface area (Å²) in [5.74, 6) is 0.856. The van der Waals surface area contributed by atoms with Gasteiger partial charge in [-0.15, -0.1) is 29.7 Å². The Morgan fingerprint density at radius 1 is 1.25 bits per heavy atom. The van der Waals surface area contributed by atoms with E-state index in [1.807, 2.05) is 12.1 Å². The molecule has 0 aliphatic carbocycles. The highest BCUT2D eigenvalue weighted by Crippen LogP contribution is 2.41. The number of fused-ring (bicyclic) bond motifs is 1. The van der Waals surface area contributed by atoms with Crippen LogP contribution in [0.4, 0.5) is 0 Å². The minimum atomic E-state index is 0.856. The quantitative estimate of drug-likeness (QED) is 0.387. The highest BCUT2D eigenvalue weighted by Gasteiger charge is 2.16. The largest absolute Gasteiger partial charge is 0.229 e. The van der Waals surface area contributed by atoms with Crippen LogP contribution in [0, 0.1) is 6.92 Å². The van der Waals surface area contributed by atoms with Crippen LogP contribution in [0.3, 0.4) is 0 Å². The molecule has 0 N–H and O–H groups in total. The van der Waals surface area contributed by atoms with E-state index < -0.39 is 0 Å². The number of benzene rings is 1. The Balaban J connectivity index is 2.25. The minimum absolute atomic E-state index is 0.856. The predicted octanol–water partition coefficient (Wildman–Crippen LogP) is 4.94. The molecule has 0 unspecified atom stereocenters. The average molecular weight is 298 g/mol. The second-order valence-corrected chi connectivity index (χ2v) is 6.57. The molecule has 0 atom stereocenters. The van der Waals surface area contributed by atoms with E-state index in [0.717, 1.165) is 15.6 Å². The monoisotopic (exact) mass is 298 g/mol. The van der Waals surface area contributed by atoms with E-state index in [4.69, 9.17) is 0 Å². The average Bonchev–Trinajstić information content (AvgIpc) is 2.82. The smallest absolute Gasteiger partial charge is 0.128 e. The van der Waals surface area contributed by atoms with Gasteiger partial charge >= 0.3 is 0 Å². The molecule has 2 heterocycles. The number of hydrogen-bond acceptors (Lipinski definition) is 4. The molecule has 0 amide bonds. The molecule has 100 valence electrons. The van der Waals surface area contributed by atoms with Crippen molar-refractivity contribution in [3.63, 3.8) is 0 Å². The highest BCUT2D eigenvalue weighted by atomic mass is 32.2. The van der Waals surface area contributed by atoms with Crippen molar-refractivity contribution >= 4 is 33.3 Å². The number of aromatic nitrogens is 2. The first-order valence-corrected chi connectivity index (χ1v) is 8.14. The molecule has 0 aliphatic heterocycles. The third kappa shape index (κ3) is 2.37. The molecular weight excluding hydrogens is 284 g/mol. The van der Waals surface area contributed by atoms with E-state index in [1.165, 1.54) is 21.4 Å². The second-order valence-electron chi connectivity index (χ2n) is 4.36.